The van der Waals surface area contributed by atoms with Crippen molar-refractivity contribution < 1.29 is 19.0 Å². The van der Waals surface area contributed by atoms with Crippen LogP contribution in [0.15, 0.2) is 64.5 Å². The average Bonchev–Trinajstić information content (AvgIpc) is 3.42. The molecule has 2 aromatic carbocycles. The number of nitrogens with one attached hydrogen (secondary N) is 2. The fourth-order valence-electron chi connectivity index (χ4n) is 4.36. The van der Waals surface area contributed by atoms with Crippen LogP contribution < -0.4 is 15.5 Å². The standard InChI is InChI=1S/C26H24FN3O4S/c1-26(2)19(12-21(34-26)23-18-8-7-17(27)11-20(18)29-24(23)32)16-5-3-15(4-6-16)13-28-9-10-30-22(31)14-35-25(30)33/h3-8,11-12,14,28,31H,9-10,13H2,1-2H3,(H,29,32). The molecule has 3 heterocycles. The predicted octanol–water partition coefficient (Wildman–Crippen LogP) is 4.10. The maximum atomic E-state index is 13.6. The second-order valence-corrected chi connectivity index (χ2v) is 9.76. The Morgan fingerprint density at radius 3 is 2.66 bits per heavy atom. The number of aromatic hydroxyl groups is 1. The third-order valence-electron chi connectivity index (χ3n) is 6.13. The smallest absolute Gasteiger partial charge is 0.310 e. The summed E-state index contributed by atoms with van der Waals surface area (Å²) in [6, 6.07) is 12.3. The van der Waals surface area contributed by atoms with Gasteiger partial charge in [0.1, 0.15) is 17.2 Å². The molecule has 5 rings (SSSR count). The minimum Gasteiger partial charge on any atom is -0.494 e. The molecule has 0 saturated carbocycles. The van der Waals surface area contributed by atoms with Crippen molar-refractivity contribution in [2.24, 2.45) is 0 Å². The van der Waals surface area contributed by atoms with E-state index in [4.69, 9.17) is 4.74 Å². The number of hydrogen-bond donors (Lipinski definition) is 3. The molecule has 2 aliphatic heterocycles. The minimum atomic E-state index is -0.652. The van der Waals surface area contributed by atoms with Crippen molar-refractivity contribution in [2.45, 2.75) is 32.5 Å². The van der Waals surface area contributed by atoms with Crippen LogP contribution in [0.2, 0.25) is 0 Å². The van der Waals surface area contributed by atoms with Crippen molar-refractivity contribution in [1.29, 1.82) is 0 Å². The summed E-state index contributed by atoms with van der Waals surface area (Å²) in [6.07, 6.45) is 1.88. The first-order chi connectivity index (χ1) is 16.7. The quantitative estimate of drug-likeness (QED) is 0.355. The zero-order chi connectivity index (χ0) is 24.7. The first kappa shape index (κ1) is 23.1. The number of aromatic nitrogens is 1. The van der Waals surface area contributed by atoms with Gasteiger partial charge in [0.05, 0.1) is 16.6 Å². The van der Waals surface area contributed by atoms with Gasteiger partial charge in [0.25, 0.3) is 5.91 Å². The summed E-state index contributed by atoms with van der Waals surface area (Å²) in [5.74, 6) is -0.271. The number of hydrogen-bond acceptors (Lipinski definition) is 6. The lowest BCUT2D eigenvalue weighted by Crippen LogP contribution is -2.23. The van der Waals surface area contributed by atoms with E-state index < -0.39 is 11.4 Å². The summed E-state index contributed by atoms with van der Waals surface area (Å²) in [7, 11) is 0. The van der Waals surface area contributed by atoms with E-state index in [2.05, 4.69) is 10.6 Å². The molecule has 3 aromatic rings. The number of thiazole rings is 1. The first-order valence-electron chi connectivity index (χ1n) is 11.2. The highest BCUT2D eigenvalue weighted by Crippen LogP contribution is 2.44. The summed E-state index contributed by atoms with van der Waals surface area (Å²) in [4.78, 5) is 24.1. The molecule has 3 N–H and O–H groups in total. The Balaban J connectivity index is 1.32. The largest absolute Gasteiger partial charge is 0.494 e. The molecule has 0 saturated heterocycles. The molecular formula is C26H24FN3O4S. The second kappa shape index (κ2) is 8.83. The van der Waals surface area contributed by atoms with E-state index in [1.54, 1.807) is 6.07 Å². The number of fused-ring (bicyclic) bond motifs is 1. The van der Waals surface area contributed by atoms with Gasteiger partial charge in [-0.25, -0.2) is 4.39 Å². The molecule has 0 spiro atoms. The molecule has 0 radical (unpaired) electrons. The van der Waals surface area contributed by atoms with Crippen LogP contribution >= 0.6 is 11.3 Å². The van der Waals surface area contributed by atoms with Gasteiger partial charge < -0.3 is 20.5 Å². The van der Waals surface area contributed by atoms with Gasteiger partial charge in [0.2, 0.25) is 5.88 Å². The first-order valence-corrected chi connectivity index (χ1v) is 12.0. The Morgan fingerprint density at radius 2 is 1.94 bits per heavy atom. The van der Waals surface area contributed by atoms with E-state index in [-0.39, 0.29) is 16.7 Å². The van der Waals surface area contributed by atoms with E-state index in [0.29, 0.717) is 42.2 Å². The zero-order valence-electron chi connectivity index (χ0n) is 19.2. The number of halogens is 1. The average molecular weight is 494 g/mol. The maximum Gasteiger partial charge on any atom is 0.310 e. The van der Waals surface area contributed by atoms with Crippen molar-refractivity contribution in [2.75, 3.05) is 11.9 Å². The summed E-state index contributed by atoms with van der Waals surface area (Å²) >= 11 is 0.978. The lowest BCUT2D eigenvalue weighted by atomic mass is 9.91. The Bertz CT molecular complexity index is 1430. The SMILES string of the molecule is CC1(C)OC(=C2C(=O)Nc3cc(F)ccc32)C=C1c1ccc(CNCCn2c(O)csc2=O)cc1. The van der Waals surface area contributed by atoms with E-state index >= 15 is 0 Å². The van der Waals surface area contributed by atoms with Gasteiger partial charge in [0.15, 0.2) is 0 Å². The third kappa shape index (κ3) is 4.40. The van der Waals surface area contributed by atoms with E-state index in [1.165, 1.54) is 22.1 Å². The molecule has 7 nitrogen and oxygen atoms in total. The Morgan fingerprint density at radius 1 is 1.17 bits per heavy atom. The normalized spacial score (nSPS) is 18.3. The van der Waals surface area contributed by atoms with E-state index in [9.17, 15) is 19.1 Å². The molecule has 180 valence electrons. The molecule has 9 heteroatoms. The Kier molecular flexibility index (Phi) is 5.82. The minimum absolute atomic E-state index is 0.0131. The van der Waals surface area contributed by atoms with Crippen molar-refractivity contribution in [3.63, 3.8) is 0 Å². The van der Waals surface area contributed by atoms with Crippen LogP contribution in [0.5, 0.6) is 5.88 Å². The lowest BCUT2D eigenvalue weighted by Gasteiger charge is -2.23. The van der Waals surface area contributed by atoms with Crippen LogP contribution in [0.1, 0.15) is 30.5 Å². The van der Waals surface area contributed by atoms with Gasteiger partial charge in [-0.05, 0) is 49.2 Å². The predicted molar refractivity (Wildman–Crippen MR) is 133 cm³/mol. The van der Waals surface area contributed by atoms with Crippen LogP contribution in [0.3, 0.4) is 0 Å². The molecule has 2 aliphatic rings. The highest BCUT2D eigenvalue weighted by Gasteiger charge is 2.38. The molecule has 0 fully saturated rings. The van der Waals surface area contributed by atoms with Gasteiger partial charge in [-0.15, -0.1) is 0 Å². The molecule has 0 atom stereocenters. The summed E-state index contributed by atoms with van der Waals surface area (Å²) in [5.41, 5.74) is 3.80. The number of nitrogens with zero attached hydrogens (tertiary/aromatic N) is 1. The Hall–Kier alpha value is -3.69. The Labute approximate surface area is 205 Å². The van der Waals surface area contributed by atoms with Crippen LogP contribution in [0.4, 0.5) is 10.1 Å². The van der Waals surface area contributed by atoms with Gasteiger partial charge in [-0.1, -0.05) is 35.6 Å². The number of amides is 1. The number of carbonyl (C=O) groups excluding carboxylic acids is 1. The van der Waals surface area contributed by atoms with Crippen LogP contribution in [-0.4, -0.2) is 27.7 Å². The molecule has 1 aromatic heterocycles. The fraction of sp³-hybridized carbons (Fsp3) is 0.231. The lowest BCUT2D eigenvalue weighted by molar-refractivity contribution is -0.111. The molecule has 35 heavy (non-hydrogen) atoms. The number of benzene rings is 2. The van der Waals surface area contributed by atoms with Gasteiger partial charge in [0, 0.05) is 30.8 Å². The van der Waals surface area contributed by atoms with E-state index in [1.807, 2.05) is 44.2 Å². The third-order valence-corrected chi connectivity index (χ3v) is 6.88. The highest BCUT2D eigenvalue weighted by atomic mass is 32.1. The number of allylic oxidation sites excluding steroid dienone is 1. The van der Waals surface area contributed by atoms with Crippen molar-refractivity contribution in [3.8, 4) is 5.88 Å². The van der Waals surface area contributed by atoms with E-state index in [0.717, 1.165) is 28.0 Å². The summed E-state index contributed by atoms with van der Waals surface area (Å²) < 4.78 is 21.1. The fourth-order valence-corrected chi connectivity index (χ4v) is 5.01. The number of carbonyl (C=O) groups is 1. The van der Waals surface area contributed by atoms with Crippen LogP contribution in [0, 0.1) is 5.82 Å². The van der Waals surface area contributed by atoms with Gasteiger partial charge in [-0.3, -0.25) is 14.2 Å². The highest BCUT2D eigenvalue weighted by molar-refractivity contribution is 7.07. The topological polar surface area (TPSA) is 92.6 Å². The van der Waals surface area contributed by atoms with Crippen molar-refractivity contribution >= 4 is 34.1 Å². The molecule has 0 aliphatic carbocycles. The van der Waals surface area contributed by atoms with Gasteiger partial charge in [-0.2, -0.15) is 0 Å². The second-order valence-electron chi connectivity index (χ2n) is 8.94. The molecular weight excluding hydrogens is 469 g/mol. The number of anilines is 1. The monoisotopic (exact) mass is 493 g/mol. The van der Waals surface area contributed by atoms with Crippen molar-refractivity contribution in [3.05, 3.63) is 91.9 Å². The molecule has 1 amide bonds. The molecule has 0 unspecified atom stereocenters. The summed E-state index contributed by atoms with van der Waals surface area (Å²) in [6.45, 7) is 5.44. The number of ether oxygens (including phenoxy) is 1. The van der Waals surface area contributed by atoms with Crippen molar-refractivity contribution in [1.82, 2.24) is 9.88 Å². The summed E-state index contributed by atoms with van der Waals surface area (Å²) in [5, 5.41) is 17.1. The van der Waals surface area contributed by atoms with Crippen LogP contribution in [0.25, 0.3) is 11.1 Å². The zero-order valence-corrected chi connectivity index (χ0v) is 20.0. The number of rotatable bonds is 6. The maximum absolute atomic E-state index is 13.6. The van der Waals surface area contributed by atoms with Crippen LogP contribution in [-0.2, 0) is 22.6 Å². The molecule has 0 bridgehead atoms. The van der Waals surface area contributed by atoms with Gasteiger partial charge >= 0.3 is 4.87 Å².